The molecular formula is C18H33N7O. The van der Waals surface area contributed by atoms with E-state index in [0.29, 0.717) is 5.92 Å². The molecule has 146 valence electrons. The van der Waals surface area contributed by atoms with Crippen molar-refractivity contribution in [2.24, 2.45) is 7.05 Å². The molecule has 2 saturated heterocycles. The minimum Gasteiger partial charge on any atom is -0.336 e. The average molecular weight is 364 g/mol. The summed E-state index contributed by atoms with van der Waals surface area (Å²) in [5.74, 6) is 2.50. The van der Waals surface area contributed by atoms with Crippen LogP contribution in [0.1, 0.15) is 44.3 Å². The van der Waals surface area contributed by atoms with Crippen molar-refractivity contribution in [3.8, 4) is 0 Å². The van der Waals surface area contributed by atoms with Gasteiger partial charge in [-0.3, -0.25) is 4.90 Å². The maximum absolute atomic E-state index is 12.1. The molecule has 2 fully saturated rings. The fourth-order valence-electron chi connectivity index (χ4n) is 3.75. The molecule has 1 aromatic rings. The summed E-state index contributed by atoms with van der Waals surface area (Å²) in [7, 11) is 4.25. The van der Waals surface area contributed by atoms with Gasteiger partial charge in [0.15, 0.2) is 0 Å². The van der Waals surface area contributed by atoms with Crippen molar-refractivity contribution in [2.45, 2.75) is 45.2 Å². The highest BCUT2D eigenvalue weighted by atomic mass is 16.2. The van der Waals surface area contributed by atoms with Gasteiger partial charge >= 0.3 is 6.03 Å². The molecule has 0 spiro atoms. The topological polar surface area (TPSA) is 69.5 Å². The smallest absolute Gasteiger partial charge is 0.317 e. The zero-order valence-corrected chi connectivity index (χ0v) is 16.6. The summed E-state index contributed by atoms with van der Waals surface area (Å²) in [5.41, 5.74) is 0. The van der Waals surface area contributed by atoms with Gasteiger partial charge in [-0.15, -0.1) is 10.2 Å². The second kappa shape index (κ2) is 8.35. The Kier molecular flexibility index (Phi) is 6.13. The van der Waals surface area contributed by atoms with E-state index in [9.17, 15) is 4.79 Å². The first-order chi connectivity index (χ1) is 12.4. The van der Waals surface area contributed by atoms with Crippen LogP contribution in [0.3, 0.4) is 0 Å². The SMILES string of the molecule is CC(C)NC(=O)N1CCC(c2nnc(CN3CCN(C)CC3)n2C)CC1. The van der Waals surface area contributed by atoms with E-state index in [-0.39, 0.29) is 12.1 Å². The number of likely N-dealkylation sites (N-methyl/N-ethyl adjacent to an activating group) is 1. The lowest BCUT2D eigenvalue weighted by Crippen LogP contribution is -2.46. The molecular weight excluding hydrogens is 330 g/mol. The average Bonchev–Trinajstić information content (AvgIpc) is 2.97. The normalized spacial score (nSPS) is 20.7. The first kappa shape index (κ1) is 19.1. The molecule has 2 amide bonds. The predicted molar refractivity (Wildman–Crippen MR) is 101 cm³/mol. The zero-order chi connectivity index (χ0) is 18.7. The fraction of sp³-hybridized carbons (Fsp3) is 0.833. The quantitative estimate of drug-likeness (QED) is 0.859. The highest BCUT2D eigenvalue weighted by Gasteiger charge is 2.28. The molecule has 0 unspecified atom stereocenters. The third kappa shape index (κ3) is 4.54. The number of piperazine rings is 1. The fourth-order valence-corrected chi connectivity index (χ4v) is 3.75. The predicted octanol–water partition coefficient (Wildman–Crippen LogP) is 0.860. The number of hydrogen-bond acceptors (Lipinski definition) is 5. The molecule has 0 saturated carbocycles. The van der Waals surface area contributed by atoms with Crippen LogP contribution in [0.15, 0.2) is 0 Å². The van der Waals surface area contributed by atoms with Crippen LogP contribution in [0.4, 0.5) is 4.79 Å². The molecule has 1 N–H and O–H groups in total. The van der Waals surface area contributed by atoms with E-state index in [1.54, 1.807) is 0 Å². The number of rotatable bonds is 4. The number of aromatic nitrogens is 3. The summed E-state index contributed by atoms with van der Waals surface area (Å²) in [6, 6.07) is 0.225. The maximum atomic E-state index is 12.1. The molecule has 3 rings (SSSR count). The number of hydrogen-bond donors (Lipinski definition) is 1. The lowest BCUT2D eigenvalue weighted by molar-refractivity contribution is 0.144. The third-order valence-electron chi connectivity index (χ3n) is 5.52. The van der Waals surface area contributed by atoms with Gasteiger partial charge in [0.1, 0.15) is 11.6 Å². The Labute approximate surface area is 156 Å². The first-order valence-corrected chi connectivity index (χ1v) is 9.78. The lowest BCUT2D eigenvalue weighted by Gasteiger charge is -2.32. The van der Waals surface area contributed by atoms with Gasteiger partial charge in [-0.1, -0.05) is 0 Å². The molecule has 8 nitrogen and oxygen atoms in total. The number of likely N-dealkylation sites (tertiary alicyclic amines) is 1. The largest absolute Gasteiger partial charge is 0.336 e. The zero-order valence-electron chi connectivity index (χ0n) is 16.6. The minimum atomic E-state index is 0.0483. The molecule has 0 radical (unpaired) electrons. The molecule has 2 aliphatic heterocycles. The number of carbonyl (C=O) groups is 1. The summed E-state index contributed by atoms with van der Waals surface area (Å²) in [6.07, 6.45) is 1.90. The number of urea groups is 1. The lowest BCUT2D eigenvalue weighted by atomic mass is 9.96. The molecule has 1 aromatic heterocycles. The van der Waals surface area contributed by atoms with Crippen molar-refractivity contribution in [3.05, 3.63) is 11.6 Å². The van der Waals surface area contributed by atoms with Crippen LogP contribution < -0.4 is 5.32 Å². The molecule has 3 heterocycles. The van der Waals surface area contributed by atoms with E-state index >= 15 is 0 Å². The van der Waals surface area contributed by atoms with E-state index in [0.717, 1.165) is 70.3 Å². The second-order valence-corrected chi connectivity index (χ2v) is 7.98. The molecule has 0 aliphatic carbocycles. The molecule has 0 bridgehead atoms. The Bertz CT molecular complexity index is 599. The molecule has 2 aliphatic rings. The van der Waals surface area contributed by atoms with Crippen LogP contribution >= 0.6 is 0 Å². The van der Waals surface area contributed by atoms with Crippen LogP contribution in [0.25, 0.3) is 0 Å². The van der Waals surface area contributed by atoms with Crippen molar-refractivity contribution >= 4 is 6.03 Å². The molecule has 26 heavy (non-hydrogen) atoms. The number of carbonyl (C=O) groups excluding carboxylic acids is 1. The maximum Gasteiger partial charge on any atom is 0.317 e. The Morgan fingerprint density at radius 2 is 1.73 bits per heavy atom. The van der Waals surface area contributed by atoms with Crippen LogP contribution in [-0.4, -0.2) is 87.9 Å². The standard InChI is InChI=1S/C18H33N7O/c1-14(2)19-18(26)25-7-5-15(6-8-25)17-21-20-16(23(17)4)13-24-11-9-22(3)10-12-24/h14-15H,5-13H2,1-4H3,(H,19,26). The van der Waals surface area contributed by atoms with Gasteiger partial charge in [0, 0.05) is 58.3 Å². The van der Waals surface area contributed by atoms with Gasteiger partial charge in [0.2, 0.25) is 0 Å². The van der Waals surface area contributed by atoms with Crippen LogP contribution in [-0.2, 0) is 13.6 Å². The van der Waals surface area contributed by atoms with Crippen molar-refractivity contribution in [3.63, 3.8) is 0 Å². The summed E-state index contributed by atoms with van der Waals surface area (Å²) in [4.78, 5) is 18.9. The van der Waals surface area contributed by atoms with Crippen molar-refractivity contribution in [1.29, 1.82) is 0 Å². The molecule has 0 aromatic carbocycles. The van der Waals surface area contributed by atoms with Gasteiger partial charge in [-0.2, -0.15) is 0 Å². The summed E-state index contributed by atoms with van der Waals surface area (Å²) >= 11 is 0. The summed E-state index contributed by atoms with van der Waals surface area (Å²) in [6.45, 7) is 10.8. The van der Waals surface area contributed by atoms with Gasteiger partial charge in [-0.25, -0.2) is 4.79 Å². The number of piperidine rings is 1. The van der Waals surface area contributed by atoms with Gasteiger partial charge in [-0.05, 0) is 33.7 Å². The number of amides is 2. The van der Waals surface area contributed by atoms with Crippen LogP contribution in [0.2, 0.25) is 0 Å². The van der Waals surface area contributed by atoms with Crippen LogP contribution in [0.5, 0.6) is 0 Å². The summed E-state index contributed by atoms with van der Waals surface area (Å²) in [5, 5.41) is 11.9. The van der Waals surface area contributed by atoms with Crippen LogP contribution in [0, 0.1) is 0 Å². The monoisotopic (exact) mass is 363 g/mol. The Morgan fingerprint density at radius 1 is 1.08 bits per heavy atom. The second-order valence-electron chi connectivity index (χ2n) is 7.98. The van der Waals surface area contributed by atoms with Crippen molar-refractivity contribution in [1.82, 2.24) is 34.8 Å². The van der Waals surface area contributed by atoms with E-state index in [2.05, 4.69) is 44.0 Å². The van der Waals surface area contributed by atoms with E-state index in [1.165, 1.54) is 0 Å². The van der Waals surface area contributed by atoms with E-state index in [1.807, 2.05) is 18.7 Å². The summed E-state index contributed by atoms with van der Waals surface area (Å²) < 4.78 is 2.17. The Hall–Kier alpha value is -1.67. The van der Waals surface area contributed by atoms with E-state index in [4.69, 9.17) is 0 Å². The number of nitrogens with one attached hydrogen (secondary N) is 1. The Balaban J connectivity index is 1.54. The van der Waals surface area contributed by atoms with Crippen molar-refractivity contribution < 1.29 is 4.79 Å². The highest BCUT2D eigenvalue weighted by Crippen LogP contribution is 2.27. The third-order valence-corrected chi connectivity index (χ3v) is 5.52. The highest BCUT2D eigenvalue weighted by molar-refractivity contribution is 5.74. The minimum absolute atomic E-state index is 0.0483. The molecule has 8 heteroatoms. The van der Waals surface area contributed by atoms with Gasteiger partial charge in [0.25, 0.3) is 0 Å². The number of nitrogens with zero attached hydrogens (tertiary/aromatic N) is 6. The molecule has 0 atom stereocenters. The van der Waals surface area contributed by atoms with E-state index < -0.39 is 0 Å². The van der Waals surface area contributed by atoms with Crippen molar-refractivity contribution in [2.75, 3.05) is 46.3 Å². The Morgan fingerprint density at radius 3 is 2.35 bits per heavy atom. The first-order valence-electron chi connectivity index (χ1n) is 9.78. The van der Waals surface area contributed by atoms with Gasteiger partial charge < -0.3 is 19.7 Å². The van der Waals surface area contributed by atoms with Gasteiger partial charge in [0.05, 0.1) is 6.54 Å².